The molecule has 0 saturated carbocycles. The Labute approximate surface area is 49.5 Å². The highest BCUT2D eigenvalue weighted by Gasteiger charge is 2.18. The van der Waals surface area contributed by atoms with E-state index in [9.17, 15) is 0 Å². The van der Waals surface area contributed by atoms with Crippen molar-refractivity contribution in [2.45, 2.75) is 19.4 Å². The van der Waals surface area contributed by atoms with Crippen LogP contribution in [0.4, 0.5) is 0 Å². The van der Waals surface area contributed by atoms with Crippen LogP contribution in [0.15, 0.2) is 0 Å². The maximum absolute atomic E-state index is 9.10. The Bertz CT molecular complexity index is 62.9. The lowest BCUT2D eigenvalue weighted by Gasteiger charge is -2.23. The molecule has 0 radical (unpaired) electrons. The van der Waals surface area contributed by atoms with E-state index in [1.54, 1.807) is 0 Å². The van der Waals surface area contributed by atoms with Gasteiger partial charge >= 0.3 is 0 Å². The van der Waals surface area contributed by atoms with E-state index in [1.807, 2.05) is 6.92 Å². The van der Waals surface area contributed by atoms with Crippen molar-refractivity contribution in [3.63, 3.8) is 0 Å². The number of aliphatic hydroxyl groups excluding tert-OH is 1. The first kappa shape index (κ1) is 6.05. The van der Waals surface area contributed by atoms with Gasteiger partial charge in [0, 0.05) is 12.5 Å². The third-order valence-electron chi connectivity index (χ3n) is 1.60. The predicted molar refractivity (Wildman–Crippen MR) is 30.6 cm³/mol. The van der Waals surface area contributed by atoms with Gasteiger partial charge < -0.3 is 9.84 Å². The van der Waals surface area contributed by atoms with Gasteiger partial charge in [0.05, 0.1) is 12.7 Å². The third kappa shape index (κ3) is 1.20. The zero-order valence-corrected chi connectivity index (χ0v) is 5.13. The van der Waals surface area contributed by atoms with Gasteiger partial charge in [0.1, 0.15) is 0 Å². The van der Waals surface area contributed by atoms with Gasteiger partial charge in [-0.3, -0.25) is 0 Å². The number of hydrogen-bond acceptors (Lipinski definition) is 2. The van der Waals surface area contributed by atoms with Crippen molar-refractivity contribution in [2.75, 3.05) is 13.2 Å². The molecule has 2 unspecified atom stereocenters. The van der Waals surface area contributed by atoms with Crippen molar-refractivity contribution < 1.29 is 9.84 Å². The van der Waals surface area contributed by atoms with E-state index in [4.69, 9.17) is 9.84 Å². The van der Waals surface area contributed by atoms with Gasteiger partial charge in [0.25, 0.3) is 0 Å². The standard InChI is InChI=1S/C6H12O2/c1-5-4-8-3-2-6(5)7/h5-7H,2-4H2,1H3. The van der Waals surface area contributed by atoms with Crippen molar-refractivity contribution in [3.8, 4) is 0 Å². The molecule has 48 valence electrons. The molecule has 1 aliphatic rings. The Morgan fingerprint density at radius 2 is 2.38 bits per heavy atom. The molecule has 0 amide bonds. The van der Waals surface area contributed by atoms with E-state index < -0.39 is 0 Å². The average Bonchev–Trinajstić information content (AvgIpc) is 1.77. The third-order valence-corrected chi connectivity index (χ3v) is 1.60. The second-order valence-electron chi connectivity index (χ2n) is 2.41. The molecule has 0 aromatic heterocycles. The fraction of sp³-hybridized carbons (Fsp3) is 1.00. The van der Waals surface area contributed by atoms with Gasteiger partial charge in [-0.25, -0.2) is 0 Å². The normalized spacial score (nSPS) is 39.8. The van der Waals surface area contributed by atoms with Crippen molar-refractivity contribution in [1.29, 1.82) is 0 Å². The largest absolute Gasteiger partial charge is 0.393 e. The van der Waals surface area contributed by atoms with Crippen LogP contribution in [-0.4, -0.2) is 24.4 Å². The van der Waals surface area contributed by atoms with Crippen molar-refractivity contribution in [3.05, 3.63) is 0 Å². The summed E-state index contributed by atoms with van der Waals surface area (Å²) in [5.74, 6) is 0.337. The second kappa shape index (κ2) is 2.46. The molecule has 1 rings (SSSR count). The SMILES string of the molecule is CC1COCCC1O. The van der Waals surface area contributed by atoms with Crippen molar-refractivity contribution in [2.24, 2.45) is 5.92 Å². The monoisotopic (exact) mass is 116 g/mol. The summed E-state index contributed by atoms with van der Waals surface area (Å²) in [6, 6.07) is 0. The molecule has 2 atom stereocenters. The van der Waals surface area contributed by atoms with Gasteiger partial charge in [0.2, 0.25) is 0 Å². The molecular formula is C6H12O2. The van der Waals surface area contributed by atoms with Gasteiger partial charge in [-0.2, -0.15) is 0 Å². The fourth-order valence-corrected chi connectivity index (χ4v) is 0.869. The Kier molecular flexibility index (Phi) is 1.86. The smallest absolute Gasteiger partial charge is 0.0609 e. The number of aliphatic hydroxyl groups is 1. The molecule has 0 aromatic carbocycles. The van der Waals surface area contributed by atoms with Gasteiger partial charge in [-0.05, 0) is 6.42 Å². The summed E-state index contributed by atoms with van der Waals surface area (Å²) < 4.78 is 5.09. The molecule has 2 heteroatoms. The first-order valence-electron chi connectivity index (χ1n) is 3.06. The number of rotatable bonds is 0. The summed E-state index contributed by atoms with van der Waals surface area (Å²) in [6.07, 6.45) is 0.685. The minimum absolute atomic E-state index is 0.122. The van der Waals surface area contributed by atoms with Crippen LogP contribution in [0.5, 0.6) is 0 Å². The maximum atomic E-state index is 9.10. The summed E-state index contributed by atoms with van der Waals surface area (Å²) >= 11 is 0. The molecule has 0 spiro atoms. The van der Waals surface area contributed by atoms with Crippen LogP contribution in [0.3, 0.4) is 0 Å². The molecule has 1 fully saturated rings. The Balaban J connectivity index is 2.28. The topological polar surface area (TPSA) is 29.5 Å². The number of hydrogen-bond donors (Lipinski definition) is 1. The van der Waals surface area contributed by atoms with Crippen molar-refractivity contribution >= 4 is 0 Å². The fourth-order valence-electron chi connectivity index (χ4n) is 0.869. The minimum Gasteiger partial charge on any atom is -0.393 e. The first-order valence-corrected chi connectivity index (χ1v) is 3.06. The van der Waals surface area contributed by atoms with Gasteiger partial charge in [0.15, 0.2) is 0 Å². The molecule has 8 heavy (non-hydrogen) atoms. The summed E-state index contributed by atoms with van der Waals surface area (Å²) in [5.41, 5.74) is 0. The molecular weight excluding hydrogens is 104 g/mol. The predicted octanol–water partition coefficient (Wildman–Crippen LogP) is 0.404. The average molecular weight is 116 g/mol. The highest BCUT2D eigenvalue weighted by Crippen LogP contribution is 2.12. The van der Waals surface area contributed by atoms with E-state index >= 15 is 0 Å². The van der Waals surface area contributed by atoms with Gasteiger partial charge in [-0.15, -0.1) is 0 Å². The Morgan fingerprint density at radius 3 is 2.75 bits per heavy atom. The van der Waals surface area contributed by atoms with E-state index in [0.717, 1.165) is 19.6 Å². The molecule has 1 N–H and O–H groups in total. The zero-order valence-electron chi connectivity index (χ0n) is 5.13. The highest BCUT2D eigenvalue weighted by atomic mass is 16.5. The Hall–Kier alpha value is -0.0800. The molecule has 1 heterocycles. The van der Waals surface area contributed by atoms with Gasteiger partial charge in [-0.1, -0.05) is 6.92 Å². The van der Waals surface area contributed by atoms with E-state index in [2.05, 4.69) is 0 Å². The van der Waals surface area contributed by atoms with Crippen LogP contribution >= 0.6 is 0 Å². The quantitative estimate of drug-likeness (QED) is 0.496. The summed E-state index contributed by atoms with van der Waals surface area (Å²) in [7, 11) is 0. The number of ether oxygens (including phenoxy) is 1. The molecule has 2 nitrogen and oxygen atoms in total. The molecule has 1 saturated heterocycles. The second-order valence-corrected chi connectivity index (χ2v) is 2.41. The summed E-state index contributed by atoms with van der Waals surface area (Å²) in [5, 5.41) is 9.10. The van der Waals surface area contributed by atoms with E-state index in [-0.39, 0.29) is 6.10 Å². The molecule has 0 aliphatic carbocycles. The van der Waals surface area contributed by atoms with Crippen LogP contribution in [0.25, 0.3) is 0 Å². The molecule has 0 bridgehead atoms. The van der Waals surface area contributed by atoms with Crippen LogP contribution in [0.1, 0.15) is 13.3 Å². The zero-order chi connectivity index (χ0) is 5.98. The molecule has 0 aromatic rings. The molecule has 1 aliphatic heterocycles. The van der Waals surface area contributed by atoms with E-state index in [0.29, 0.717) is 5.92 Å². The van der Waals surface area contributed by atoms with Crippen LogP contribution in [0, 0.1) is 5.92 Å². The first-order chi connectivity index (χ1) is 3.80. The summed E-state index contributed by atoms with van der Waals surface area (Å²) in [6.45, 7) is 3.45. The Morgan fingerprint density at radius 1 is 1.62 bits per heavy atom. The van der Waals surface area contributed by atoms with Crippen LogP contribution < -0.4 is 0 Å². The maximum Gasteiger partial charge on any atom is 0.0609 e. The summed E-state index contributed by atoms with van der Waals surface area (Å²) in [4.78, 5) is 0. The lowest BCUT2D eigenvalue weighted by molar-refractivity contribution is -0.0282. The minimum atomic E-state index is -0.122. The lowest BCUT2D eigenvalue weighted by atomic mass is 10.0. The lowest BCUT2D eigenvalue weighted by Crippen LogP contribution is -2.29. The van der Waals surface area contributed by atoms with Crippen molar-refractivity contribution in [1.82, 2.24) is 0 Å². The van der Waals surface area contributed by atoms with E-state index in [1.165, 1.54) is 0 Å². The van der Waals surface area contributed by atoms with Crippen LogP contribution in [0.2, 0.25) is 0 Å². The van der Waals surface area contributed by atoms with Crippen LogP contribution in [-0.2, 0) is 4.74 Å². The highest BCUT2D eigenvalue weighted by molar-refractivity contribution is 4.67.